The maximum absolute atomic E-state index is 12.2. The quantitative estimate of drug-likeness (QED) is 0.904. The highest BCUT2D eigenvalue weighted by atomic mass is 35.5. The second-order valence-corrected chi connectivity index (χ2v) is 4.49. The Morgan fingerprint density at radius 2 is 2.06 bits per heavy atom. The molecular formula is C13H8ClNO3. The third-order valence-electron chi connectivity index (χ3n) is 3.01. The average molecular weight is 262 g/mol. The molecule has 1 aliphatic rings. The van der Waals surface area contributed by atoms with E-state index in [-0.39, 0.29) is 12.5 Å². The molecule has 90 valence electrons. The van der Waals surface area contributed by atoms with E-state index in [0.717, 1.165) is 10.8 Å². The Morgan fingerprint density at radius 1 is 1.28 bits per heavy atom. The highest BCUT2D eigenvalue weighted by Gasteiger charge is 2.32. The number of halogens is 1. The van der Waals surface area contributed by atoms with Crippen molar-refractivity contribution < 1.29 is 14.7 Å². The highest BCUT2D eigenvalue weighted by Crippen LogP contribution is 2.41. The first-order chi connectivity index (χ1) is 8.59. The van der Waals surface area contributed by atoms with E-state index in [0.29, 0.717) is 16.3 Å². The summed E-state index contributed by atoms with van der Waals surface area (Å²) in [7, 11) is 0. The molecule has 18 heavy (non-hydrogen) atoms. The summed E-state index contributed by atoms with van der Waals surface area (Å²) in [6.45, 7) is -0.383. The summed E-state index contributed by atoms with van der Waals surface area (Å²) in [5, 5.41) is 10.9. The number of anilines is 1. The van der Waals surface area contributed by atoms with Crippen molar-refractivity contribution in [1.29, 1.82) is 0 Å². The lowest BCUT2D eigenvalue weighted by Gasteiger charge is -2.15. The van der Waals surface area contributed by atoms with Gasteiger partial charge in [-0.15, -0.1) is 0 Å². The van der Waals surface area contributed by atoms with E-state index < -0.39 is 5.97 Å². The number of benzene rings is 2. The van der Waals surface area contributed by atoms with Gasteiger partial charge in [0.25, 0.3) is 5.91 Å². The van der Waals surface area contributed by atoms with Gasteiger partial charge in [-0.1, -0.05) is 29.8 Å². The first-order valence-corrected chi connectivity index (χ1v) is 5.72. The summed E-state index contributed by atoms with van der Waals surface area (Å²) in [5.74, 6) is -1.38. The molecule has 0 aliphatic carbocycles. The van der Waals surface area contributed by atoms with Crippen LogP contribution in [0.2, 0.25) is 5.02 Å². The lowest BCUT2D eigenvalue weighted by Crippen LogP contribution is -2.32. The van der Waals surface area contributed by atoms with Gasteiger partial charge in [0.15, 0.2) is 0 Å². The standard InChI is InChI=1S/C13H8ClNO3/c14-9-5-4-7-2-1-3-8-11(7)12(9)15(13(8)18)6-10(16)17/h1-5H,6H2,(H,16,17). The van der Waals surface area contributed by atoms with Gasteiger partial charge in [-0.2, -0.15) is 0 Å². The number of carboxylic acid groups (broad SMARTS) is 1. The van der Waals surface area contributed by atoms with Gasteiger partial charge < -0.3 is 5.11 Å². The van der Waals surface area contributed by atoms with Crippen LogP contribution in [0, 0.1) is 0 Å². The van der Waals surface area contributed by atoms with Crippen molar-refractivity contribution in [3.63, 3.8) is 0 Å². The predicted molar refractivity (Wildman–Crippen MR) is 68.3 cm³/mol. The number of carbonyl (C=O) groups is 2. The van der Waals surface area contributed by atoms with E-state index in [9.17, 15) is 9.59 Å². The summed E-state index contributed by atoms with van der Waals surface area (Å²) in [4.78, 5) is 24.2. The summed E-state index contributed by atoms with van der Waals surface area (Å²) >= 11 is 6.09. The molecule has 0 fully saturated rings. The van der Waals surface area contributed by atoms with E-state index in [4.69, 9.17) is 16.7 Å². The second-order valence-electron chi connectivity index (χ2n) is 4.08. The van der Waals surface area contributed by atoms with Gasteiger partial charge in [0, 0.05) is 10.9 Å². The first-order valence-electron chi connectivity index (χ1n) is 5.34. The van der Waals surface area contributed by atoms with Crippen molar-refractivity contribution in [3.8, 4) is 0 Å². The molecule has 0 atom stereocenters. The van der Waals surface area contributed by atoms with Gasteiger partial charge in [-0.3, -0.25) is 14.5 Å². The Bertz CT molecular complexity index is 696. The molecule has 0 radical (unpaired) electrons. The fourth-order valence-electron chi connectivity index (χ4n) is 2.31. The van der Waals surface area contributed by atoms with Crippen LogP contribution in [0.4, 0.5) is 5.69 Å². The van der Waals surface area contributed by atoms with Crippen LogP contribution < -0.4 is 4.90 Å². The van der Waals surface area contributed by atoms with Crippen LogP contribution in [0.5, 0.6) is 0 Å². The van der Waals surface area contributed by atoms with Gasteiger partial charge in [0.1, 0.15) is 6.54 Å². The summed E-state index contributed by atoms with van der Waals surface area (Å²) in [6.07, 6.45) is 0. The maximum Gasteiger partial charge on any atom is 0.323 e. The van der Waals surface area contributed by atoms with Crippen LogP contribution in [0.3, 0.4) is 0 Å². The topological polar surface area (TPSA) is 57.6 Å². The number of aliphatic carboxylic acids is 1. The minimum atomic E-state index is -1.07. The average Bonchev–Trinajstić information content (AvgIpc) is 2.61. The molecule has 0 saturated heterocycles. The van der Waals surface area contributed by atoms with Crippen LogP contribution >= 0.6 is 11.6 Å². The van der Waals surface area contributed by atoms with Crippen molar-refractivity contribution in [2.24, 2.45) is 0 Å². The lowest BCUT2D eigenvalue weighted by atomic mass is 10.1. The zero-order valence-electron chi connectivity index (χ0n) is 9.18. The molecule has 0 spiro atoms. The van der Waals surface area contributed by atoms with Crippen molar-refractivity contribution in [2.45, 2.75) is 0 Å². The predicted octanol–water partition coefficient (Wildman–Crippen LogP) is 2.54. The van der Waals surface area contributed by atoms with E-state index >= 15 is 0 Å². The number of hydrogen-bond acceptors (Lipinski definition) is 2. The third-order valence-corrected chi connectivity index (χ3v) is 3.31. The van der Waals surface area contributed by atoms with Crippen molar-refractivity contribution >= 4 is 39.9 Å². The Kier molecular flexibility index (Phi) is 2.28. The van der Waals surface area contributed by atoms with Crippen LogP contribution in [-0.2, 0) is 4.79 Å². The third kappa shape index (κ3) is 1.39. The second kappa shape index (κ2) is 3.71. The molecule has 4 nitrogen and oxygen atoms in total. The number of carbonyl (C=O) groups excluding carboxylic acids is 1. The lowest BCUT2D eigenvalue weighted by molar-refractivity contribution is -0.135. The molecule has 1 amide bonds. The van der Waals surface area contributed by atoms with E-state index in [1.54, 1.807) is 18.2 Å². The summed E-state index contributed by atoms with van der Waals surface area (Å²) in [5.41, 5.74) is 1.00. The van der Waals surface area contributed by atoms with Crippen LogP contribution in [0.1, 0.15) is 10.4 Å². The molecule has 3 rings (SSSR count). The molecular weight excluding hydrogens is 254 g/mol. The van der Waals surface area contributed by atoms with Gasteiger partial charge in [0.05, 0.1) is 10.7 Å². The molecule has 0 bridgehead atoms. The monoisotopic (exact) mass is 261 g/mol. The van der Waals surface area contributed by atoms with Gasteiger partial charge >= 0.3 is 5.97 Å². The zero-order chi connectivity index (χ0) is 12.9. The first kappa shape index (κ1) is 11.0. The molecule has 0 unspecified atom stereocenters. The number of nitrogens with zero attached hydrogens (tertiary/aromatic N) is 1. The van der Waals surface area contributed by atoms with Crippen molar-refractivity contribution in [3.05, 3.63) is 40.9 Å². The van der Waals surface area contributed by atoms with Gasteiger partial charge in [0.2, 0.25) is 0 Å². The zero-order valence-corrected chi connectivity index (χ0v) is 9.94. The molecule has 1 N–H and O–H groups in total. The van der Waals surface area contributed by atoms with E-state index in [1.165, 1.54) is 4.90 Å². The van der Waals surface area contributed by atoms with Crippen molar-refractivity contribution in [2.75, 3.05) is 11.4 Å². The molecule has 1 heterocycles. The minimum Gasteiger partial charge on any atom is -0.480 e. The molecule has 0 aromatic heterocycles. The molecule has 0 saturated carbocycles. The molecule has 1 aliphatic heterocycles. The van der Waals surface area contributed by atoms with Crippen molar-refractivity contribution in [1.82, 2.24) is 0 Å². The largest absolute Gasteiger partial charge is 0.480 e. The Hall–Kier alpha value is -2.07. The van der Waals surface area contributed by atoms with E-state index in [2.05, 4.69) is 0 Å². The number of amides is 1. The highest BCUT2D eigenvalue weighted by molar-refractivity contribution is 6.39. The van der Waals surface area contributed by atoms with Crippen LogP contribution in [0.15, 0.2) is 30.3 Å². The van der Waals surface area contributed by atoms with Crippen LogP contribution in [-0.4, -0.2) is 23.5 Å². The Morgan fingerprint density at radius 3 is 2.78 bits per heavy atom. The molecule has 5 heteroatoms. The Balaban J connectivity index is 2.33. The summed E-state index contributed by atoms with van der Waals surface area (Å²) in [6, 6.07) is 8.83. The fourth-order valence-corrected chi connectivity index (χ4v) is 2.57. The molecule has 2 aromatic rings. The van der Waals surface area contributed by atoms with Gasteiger partial charge in [-0.05, 0) is 17.5 Å². The van der Waals surface area contributed by atoms with E-state index in [1.807, 2.05) is 12.1 Å². The Labute approximate surface area is 107 Å². The maximum atomic E-state index is 12.2. The molecule has 2 aromatic carbocycles. The minimum absolute atomic E-state index is 0.314. The number of rotatable bonds is 2. The number of carboxylic acids is 1. The fraction of sp³-hybridized carbons (Fsp3) is 0.0769. The van der Waals surface area contributed by atoms with Gasteiger partial charge in [-0.25, -0.2) is 0 Å². The SMILES string of the molecule is O=C(O)CN1C(=O)c2cccc3ccc(Cl)c1c23. The van der Waals surface area contributed by atoms with Crippen LogP contribution in [0.25, 0.3) is 10.8 Å². The number of hydrogen-bond donors (Lipinski definition) is 1. The summed E-state index contributed by atoms with van der Waals surface area (Å²) < 4.78 is 0. The normalized spacial score (nSPS) is 13.4. The smallest absolute Gasteiger partial charge is 0.323 e.